The van der Waals surface area contributed by atoms with Crippen molar-refractivity contribution in [1.29, 1.82) is 0 Å². The summed E-state index contributed by atoms with van der Waals surface area (Å²) < 4.78 is 5.41. The van der Waals surface area contributed by atoms with Gasteiger partial charge in [-0.25, -0.2) is 0 Å². The van der Waals surface area contributed by atoms with Crippen LogP contribution < -0.4 is 5.32 Å². The minimum Gasteiger partial charge on any atom is -0.352 e. The molecule has 0 aliphatic carbocycles. The summed E-state index contributed by atoms with van der Waals surface area (Å²) >= 11 is 0. The van der Waals surface area contributed by atoms with Gasteiger partial charge >= 0.3 is 0 Å². The summed E-state index contributed by atoms with van der Waals surface area (Å²) in [5.41, 5.74) is 3.14. The third kappa shape index (κ3) is 5.06. The second-order valence-electron chi connectivity index (χ2n) is 7.51. The highest BCUT2D eigenvalue weighted by atomic mass is 16.5. The molecule has 1 amide bonds. The minimum absolute atomic E-state index is 0.0521. The van der Waals surface area contributed by atoms with Crippen LogP contribution in [0.4, 0.5) is 0 Å². The molecule has 1 aromatic carbocycles. The first kappa shape index (κ1) is 19.3. The maximum absolute atomic E-state index is 12.4. The van der Waals surface area contributed by atoms with Gasteiger partial charge in [0.25, 0.3) is 5.89 Å². The zero-order valence-corrected chi connectivity index (χ0v) is 16.5. The molecule has 2 aromatic heterocycles. The third-order valence-corrected chi connectivity index (χ3v) is 5.28. The molecule has 3 aromatic rings. The molecule has 1 aliphatic heterocycles. The first-order valence-corrected chi connectivity index (χ1v) is 9.96. The van der Waals surface area contributed by atoms with E-state index in [1.807, 2.05) is 43.3 Å². The molecule has 4 rings (SSSR count). The van der Waals surface area contributed by atoms with Crippen molar-refractivity contribution in [3.8, 4) is 11.5 Å². The van der Waals surface area contributed by atoms with Crippen molar-refractivity contribution in [1.82, 2.24) is 25.3 Å². The highest BCUT2D eigenvalue weighted by Crippen LogP contribution is 2.21. The maximum Gasteiger partial charge on any atom is 0.257 e. The van der Waals surface area contributed by atoms with E-state index in [2.05, 4.69) is 25.3 Å². The number of aromatic nitrogens is 3. The third-order valence-electron chi connectivity index (χ3n) is 5.28. The highest BCUT2D eigenvalue weighted by molar-refractivity contribution is 5.78. The lowest BCUT2D eigenvalue weighted by Gasteiger charge is -2.30. The second-order valence-corrected chi connectivity index (χ2v) is 7.51. The number of hydrogen-bond donors (Lipinski definition) is 1. The smallest absolute Gasteiger partial charge is 0.257 e. The number of benzene rings is 1. The van der Waals surface area contributed by atoms with Crippen LogP contribution in [-0.2, 0) is 17.9 Å². The van der Waals surface area contributed by atoms with E-state index < -0.39 is 0 Å². The van der Waals surface area contributed by atoms with Gasteiger partial charge in [-0.15, -0.1) is 0 Å². The van der Waals surface area contributed by atoms with Gasteiger partial charge < -0.3 is 9.84 Å². The van der Waals surface area contributed by atoms with Crippen molar-refractivity contribution in [3.63, 3.8) is 0 Å². The lowest BCUT2D eigenvalue weighted by Crippen LogP contribution is -2.40. The van der Waals surface area contributed by atoms with Crippen molar-refractivity contribution in [3.05, 3.63) is 65.7 Å². The monoisotopic (exact) mass is 391 g/mol. The summed E-state index contributed by atoms with van der Waals surface area (Å²) in [7, 11) is 0. The lowest BCUT2D eigenvalue weighted by molar-refractivity contribution is -0.126. The molecule has 7 heteroatoms. The second kappa shape index (κ2) is 8.96. The highest BCUT2D eigenvalue weighted by Gasteiger charge is 2.25. The maximum atomic E-state index is 12.4. The molecule has 0 unspecified atom stereocenters. The molecule has 150 valence electrons. The Hall–Kier alpha value is -3.06. The molecular formula is C22H25N5O2. The number of rotatable bonds is 6. The molecule has 7 nitrogen and oxygen atoms in total. The van der Waals surface area contributed by atoms with Gasteiger partial charge in [-0.2, -0.15) is 4.98 Å². The fourth-order valence-electron chi connectivity index (χ4n) is 3.52. The van der Waals surface area contributed by atoms with E-state index >= 15 is 0 Å². The van der Waals surface area contributed by atoms with E-state index in [0.29, 0.717) is 24.8 Å². The quantitative estimate of drug-likeness (QED) is 0.695. The molecule has 1 fully saturated rings. The van der Waals surface area contributed by atoms with Gasteiger partial charge in [0.05, 0.1) is 6.54 Å². The number of pyridine rings is 1. The predicted octanol–water partition coefficient (Wildman–Crippen LogP) is 2.97. The average Bonchev–Trinajstić information content (AvgIpc) is 3.22. The van der Waals surface area contributed by atoms with Crippen LogP contribution in [0.1, 0.15) is 29.8 Å². The van der Waals surface area contributed by atoms with Crippen LogP contribution in [0.5, 0.6) is 0 Å². The summed E-state index contributed by atoms with van der Waals surface area (Å²) in [5.74, 6) is 1.40. The summed E-state index contributed by atoms with van der Waals surface area (Å²) in [6.07, 6.45) is 5.18. The number of nitrogens with one attached hydrogen (secondary N) is 1. The van der Waals surface area contributed by atoms with Crippen LogP contribution in [0.2, 0.25) is 0 Å². The summed E-state index contributed by atoms with van der Waals surface area (Å²) in [6.45, 7) is 4.90. The number of carbonyl (C=O) groups is 1. The molecule has 0 spiro atoms. The molecule has 3 heterocycles. The van der Waals surface area contributed by atoms with E-state index in [9.17, 15) is 4.79 Å². The largest absolute Gasteiger partial charge is 0.352 e. The van der Waals surface area contributed by atoms with Crippen LogP contribution in [0.25, 0.3) is 11.5 Å². The Labute approximate surface area is 170 Å². The van der Waals surface area contributed by atoms with Gasteiger partial charge in [0.1, 0.15) is 0 Å². The first-order chi connectivity index (χ1) is 14.2. The lowest BCUT2D eigenvalue weighted by atomic mass is 9.96. The average molecular weight is 391 g/mol. The zero-order valence-electron chi connectivity index (χ0n) is 16.5. The number of amides is 1. The molecule has 29 heavy (non-hydrogen) atoms. The SMILES string of the molecule is Cc1ccc(-c2nc(CN3CCC(C(=O)NCc4cccnc4)CC3)no2)cc1. The number of hydrogen-bond acceptors (Lipinski definition) is 6. The zero-order chi connectivity index (χ0) is 20.1. The molecular weight excluding hydrogens is 366 g/mol. The molecule has 0 atom stereocenters. The predicted molar refractivity (Wildman–Crippen MR) is 109 cm³/mol. The van der Waals surface area contributed by atoms with Crippen molar-refractivity contribution in [2.45, 2.75) is 32.9 Å². The van der Waals surface area contributed by atoms with Gasteiger partial charge in [-0.1, -0.05) is 28.9 Å². The van der Waals surface area contributed by atoms with Gasteiger partial charge in [0.15, 0.2) is 5.82 Å². The topological polar surface area (TPSA) is 84.2 Å². The van der Waals surface area contributed by atoms with Gasteiger partial charge in [0, 0.05) is 30.4 Å². The Morgan fingerprint density at radius 1 is 1.21 bits per heavy atom. The summed E-state index contributed by atoms with van der Waals surface area (Å²) in [5, 5.41) is 7.13. The number of likely N-dealkylation sites (tertiary alicyclic amines) is 1. The molecule has 0 radical (unpaired) electrons. The van der Waals surface area contributed by atoms with Gasteiger partial charge in [-0.05, 0) is 56.6 Å². The fraction of sp³-hybridized carbons (Fsp3) is 0.364. The molecule has 0 bridgehead atoms. The van der Waals surface area contributed by atoms with Crippen LogP contribution in [0, 0.1) is 12.8 Å². The van der Waals surface area contributed by atoms with E-state index in [1.165, 1.54) is 5.56 Å². The van der Waals surface area contributed by atoms with Gasteiger partial charge in [-0.3, -0.25) is 14.7 Å². The van der Waals surface area contributed by atoms with Crippen LogP contribution in [-0.4, -0.2) is 39.0 Å². The first-order valence-electron chi connectivity index (χ1n) is 9.96. The molecule has 0 saturated carbocycles. The fourth-order valence-corrected chi connectivity index (χ4v) is 3.52. The van der Waals surface area contributed by atoms with Crippen molar-refractivity contribution < 1.29 is 9.32 Å². The van der Waals surface area contributed by atoms with E-state index in [4.69, 9.17) is 4.52 Å². The number of piperidine rings is 1. The van der Waals surface area contributed by atoms with Crippen LogP contribution in [0.15, 0.2) is 53.3 Å². The van der Waals surface area contributed by atoms with Crippen molar-refractivity contribution in [2.75, 3.05) is 13.1 Å². The minimum atomic E-state index is 0.0521. The summed E-state index contributed by atoms with van der Waals surface area (Å²) in [6, 6.07) is 11.9. The standard InChI is InChI=1S/C22H25N5O2/c1-16-4-6-19(7-5-16)22-25-20(26-29-22)15-27-11-8-18(9-12-27)21(28)24-14-17-3-2-10-23-13-17/h2-7,10,13,18H,8-9,11-12,14-15H2,1H3,(H,24,28). The number of nitrogens with zero attached hydrogens (tertiary/aromatic N) is 4. The van der Waals surface area contributed by atoms with E-state index in [-0.39, 0.29) is 11.8 Å². The Balaban J connectivity index is 1.25. The molecule has 1 N–H and O–H groups in total. The Kier molecular flexibility index (Phi) is 5.95. The Bertz CT molecular complexity index is 931. The van der Waals surface area contributed by atoms with Gasteiger partial charge in [0.2, 0.25) is 5.91 Å². The van der Waals surface area contributed by atoms with Crippen molar-refractivity contribution >= 4 is 5.91 Å². The van der Waals surface area contributed by atoms with E-state index in [0.717, 1.165) is 37.1 Å². The molecule has 1 aliphatic rings. The molecule has 1 saturated heterocycles. The van der Waals surface area contributed by atoms with Crippen LogP contribution in [0.3, 0.4) is 0 Å². The van der Waals surface area contributed by atoms with Crippen molar-refractivity contribution in [2.24, 2.45) is 5.92 Å². The Morgan fingerprint density at radius 2 is 2.00 bits per heavy atom. The normalized spacial score (nSPS) is 15.3. The summed E-state index contributed by atoms with van der Waals surface area (Å²) in [4.78, 5) is 23.3. The Morgan fingerprint density at radius 3 is 2.72 bits per heavy atom. The van der Waals surface area contributed by atoms with Crippen LogP contribution >= 0.6 is 0 Å². The number of aryl methyl sites for hydroxylation is 1. The van der Waals surface area contributed by atoms with E-state index in [1.54, 1.807) is 12.4 Å². The number of carbonyl (C=O) groups excluding carboxylic acids is 1.